The zero-order valence-corrected chi connectivity index (χ0v) is 22.9. The number of sulfone groups is 1. The van der Waals surface area contributed by atoms with E-state index in [0.717, 1.165) is 11.3 Å². The second-order valence-electron chi connectivity index (χ2n) is 9.23. The Morgan fingerprint density at radius 1 is 1.08 bits per heavy atom. The van der Waals surface area contributed by atoms with E-state index in [4.69, 9.17) is 4.98 Å². The molecule has 0 aliphatic carbocycles. The minimum Gasteiger partial charge on any atom is -0.469 e. The summed E-state index contributed by atoms with van der Waals surface area (Å²) >= 11 is 0. The fraction of sp³-hybridized carbons (Fsp3) is 0.241. The van der Waals surface area contributed by atoms with Gasteiger partial charge in [0.25, 0.3) is 0 Å². The Labute approximate surface area is 226 Å². The van der Waals surface area contributed by atoms with Crippen LogP contribution in [0.2, 0.25) is 0 Å². The second kappa shape index (κ2) is 11.3. The number of methoxy groups -OCH3 is 1. The molecule has 39 heavy (non-hydrogen) atoms. The Kier molecular flexibility index (Phi) is 8.08. The zero-order chi connectivity index (χ0) is 28.3. The molecule has 1 aliphatic heterocycles. The van der Waals surface area contributed by atoms with Crippen molar-refractivity contribution in [1.82, 2.24) is 15.8 Å². The van der Waals surface area contributed by atoms with Crippen LogP contribution in [0.4, 0.5) is 0 Å². The van der Waals surface area contributed by atoms with E-state index in [1.54, 1.807) is 30.3 Å². The molecule has 9 nitrogen and oxygen atoms in total. The van der Waals surface area contributed by atoms with Gasteiger partial charge >= 0.3 is 5.97 Å². The van der Waals surface area contributed by atoms with Gasteiger partial charge in [-0.1, -0.05) is 36.4 Å². The number of pyridine rings is 1. The summed E-state index contributed by atoms with van der Waals surface area (Å²) in [6.45, 7) is 5.17. The largest absolute Gasteiger partial charge is 0.469 e. The molecule has 0 fully saturated rings. The average Bonchev–Trinajstić information content (AvgIpc) is 3.25. The monoisotopic (exact) mass is 547 g/mol. The molecular formula is C29H29N3O6S. The van der Waals surface area contributed by atoms with Gasteiger partial charge in [0.15, 0.2) is 21.4 Å². The van der Waals surface area contributed by atoms with Crippen LogP contribution < -0.4 is 10.9 Å². The molecule has 4 rings (SSSR count). The predicted molar refractivity (Wildman–Crippen MR) is 148 cm³/mol. The number of allylic oxidation sites excluding steroid dienone is 2. The molecule has 1 unspecified atom stereocenters. The van der Waals surface area contributed by atoms with Crippen molar-refractivity contribution in [1.29, 1.82) is 0 Å². The number of rotatable bonds is 9. The first kappa shape index (κ1) is 27.9. The maximum absolute atomic E-state index is 13.8. The summed E-state index contributed by atoms with van der Waals surface area (Å²) in [5, 5.41) is 0.242. The summed E-state index contributed by atoms with van der Waals surface area (Å²) < 4.78 is 30.5. The standard InChI is InChI=1S/C29H29N3O6S/c1-17-22(18(2)32-31-17)11-13-25(34)28-27(19(3)33)23-16-21(39(36,37)15-14-26(35)38-4)10-12-24(23)30-29(28)20-8-6-5-7-9-20/h5-13,16-17,31-32H,14-15H2,1-4H3/b13-11-. The van der Waals surface area contributed by atoms with Crippen LogP contribution in [0, 0.1) is 0 Å². The lowest BCUT2D eigenvalue weighted by Gasteiger charge is -2.15. The van der Waals surface area contributed by atoms with Gasteiger partial charge in [-0.3, -0.25) is 14.4 Å². The number of ketones is 2. The minimum atomic E-state index is -3.89. The maximum Gasteiger partial charge on any atom is 0.306 e. The molecule has 0 saturated heterocycles. The van der Waals surface area contributed by atoms with Crippen molar-refractivity contribution in [2.24, 2.45) is 0 Å². The summed E-state index contributed by atoms with van der Waals surface area (Å²) in [6.07, 6.45) is 2.79. The average molecular weight is 548 g/mol. The summed E-state index contributed by atoms with van der Waals surface area (Å²) in [5.74, 6) is -1.95. The number of hydrazine groups is 1. The Morgan fingerprint density at radius 3 is 2.41 bits per heavy atom. The number of benzene rings is 2. The van der Waals surface area contributed by atoms with E-state index in [1.165, 1.54) is 38.3 Å². The van der Waals surface area contributed by atoms with Gasteiger partial charge in [-0.2, -0.15) is 0 Å². The molecule has 202 valence electrons. The number of ether oxygens (including phenoxy) is 1. The first-order valence-corrected chi connectivity index (χ1v) is 14.0. The number of Topliss-reactive ketones (excluding diaryl/α,β-unsaturated/α-hetero) is 1. The molecule has 2 N–H and O–H groups in total. The topological polar surface area (TPSA) is 132 Å². The first-order valence-electron chi connectivity index (χ1n) is 12.3. The lowest BCUT2D eigenvalue weighted by molar-refractivity contribution is -0.140. The molecule has 0 bridgehead atoms. The number of nitrogens with zero attached hydrogens (tertiary/aromatic N) is 1. The molecule has 2 aromatic carbocycles. The van der Waals surface area contributed by atoms with Crippen LogP contribution in [-0.2, 0) is 19.4 Å². The van der Waals surface area contributed by atoms with Gasteiger partial charge in [0, 0.05) is 28.3 Å². The SMILES string of the molecule is COC(=O)CCS(=O)(=O)c1ccc2nc(-c3ccccc3)c(C(=O)/C=C\C3=C(C)NNC3C)c(C(C)=O)c2c1. The van der Waals surface area contributed by atoms with E-state index in [9.17, 15) is 22.8 Å². The fourth-order valence-electron chi connectivity index (χ4n) is 4.49. The molecule has 0 spiro atoms. The third-order valence-electron chi connectivity index (χ3n) is 6.55. The normalized spacial score (nSPS) is 15.5. The fourth-order valence-corrected chi connectivity index (χ4v) is 5.74. The highest BCUT2D eigenvalue weighted by Crippen LogP contribution is 2.33. The van der Waals surface area contributed by atoms with Gasteiger partial charge in [0.05, 0.1) is 41.0 Å². The van der Waals surface area contributed by atoms with Crippen LogP contribution in [0.3, 0.4) is 0 Å². The van der Waals surface area contributed by atoms with Crippen LogP contribution in [0.25, 0.3) is 22.2 Å². The summed E-state index contributed by atoms with van der Waals surface area (Å²) in [5.41, 5.74) is 9.37. The van der Waals surface area contributed by atoms with Crippen LogP contribution in [0.1, 0.15) is 47.9 Å². The van der Waals surface area contributed by atoms with Gasteiger partial charge in [0.2, 0.25) is 0 Å². The van der Waals surface area contributed by atoms with Crippen LogP contribution in [-0.4, -0.2) is 49.8 Å². The molecule has 1 aromatic heterocycles. The van der Waals surface area contributed by atoms with Gasteiger partial charge in [0.1, 0.15) is 0 Å². The quantitative estimate of drug-likeness (QED) is 0.232. The second-order valence-corrected chi connectivity index (χ2v) is 11.3. The number of carbonyl (C=O) groups excluding carboxylic acids is 3. The molecule has 3 aromatic rings. The van der Waals surface area contributed by atoms with E-state index in [-0.39, 0.29) is 33.9 Å². The molecule has 0 radical (unpaired) electrons. The van der Waals surface area contributed by atoms with E-state index in [1.807, 2.05) is 19.9 Å². The highest BCUT2D eigenvalue weighted by atomic mass is 32.2. The van der Waals surface area contributed by atoms with Crippen molar-refractivity contribution in [2.45, 2.75) is 38.1 Å². The van der Waals surface area contributed by atoms with Crippen molar-refractivity contribution in [3.63, 3.8) is 0 Å². The maximum atomic E-state index is 13.8. The highest BCUT2D eigenvalue weighted by Gasteiger charge is 2.26. The number of aromatic nitrogens is 1. The van der Waals surface area contributed by atoms with Crippen LogP contribution >= 0.6 is 0 Å². The number of hydrogen-bond acceptors (Lipinski definition) is 9. The molecule has 1 aliphatic rings. The molecule has 2 heterocycles. The molecule has 10 heteroatoms. The Hall–Kier alpha value is -4.15. The number of carbonyl (C=O) groups is 3. The third kappa shape index (κ3) is 5.81. The van der Waals surface area contributed by atoms with E-state index >= 15 is 0 Å². The Balaban J connectivity index is 1.93. The number of nitrogens with one attached hydrogen (secondary N) is 2. The van der Waals surface area contributed by atoms with Crippen molar-refractivity contribution in [2.75, 3.05) is 12.9 Å². The van der Waals surface area contributed by atoms with Gasteiger partial charge in [-0.25, -0.2) is 18.8 Å². The summed E-state index contributed by atoms with van der Waals surface area (Å²) in [4.78, 5) is 43.0. The Bertz CT molecular complexity index is 1640. The number of fused-ring (bicyclic) bond motifs is 1. The summed E-state index contributed by atoms with van der Waals surface area (Å²) in [6, 6.07) is 13.3. The zero-order valence-electron chi connectivity index (χ0n) is 22.1. The van der Waals surface area contributed by atoms with Gasteiger partial charge in [-0.05, 0) is 50.6 Å². The van der Waals surface area contributed by atoms with Gasteiger partial charge in [-0.15, -0.1) is 0 Å². The highest BCUT2D eigenvalue weighted by molar-refractivity contribution is 7.91. The van der Waals surface area contributed by atoms with Crippen molar-refractivity contribution >= 4 is 38.3 Å². The van der Waals surface area contributed by atoms with Crippen LogP contribution in [0.5, 0.6) is 0 Å². The van der Waals surface area contributed by atoms with Crippen molar-refractivity contribution in [3.05, 3.63) is 83.1 Å². The van der Waals surface area contributed by atoms with E-state index < -0.39 is 33.1 Å². The minimum absolute atomic E-state index is 0.0256. The Morgan fingerprint density at radius 2 is 1.79 bits per heavy atom. The predicted octanol–water partition coefficient (Wildman–Crippen LogP) is 3.95. The van der Waals surface area contributed by atoms with Crippen LogP contribution in [0.15, 0.2) is 76.8 Å². The third-order valence-corrected chi connectivity index (χ3v) is 8.27. The summed E-state index contributed by atoms with van der Waals surface area (Å²) in [7, 11) is -2.70. The first-order chi connectivity index (χ1) is 18.5. The molecule has 0 saturated carbocycles. The van der Waals surface area contributed by atoms with E-state index in [2.05, 4.69) is 15.6 Å². The number of hydrogen-bond donors (Lipinski definition) is 2. The van der Waals surface area contributed by atoms with Crippen molar-refractivity contribution in [3.8, 4) is 11.3 Å². The van der Waals surface area contributed by atoms with Gasteiger partial charge < -0.3 is 10.2 Å². The number of esters is 1. The smallest absolute Gasteiger partial charge is 0.306 e. The molecule has 1 atom stereocenters. The molecular weight excluding hydrogens is 518 g/mol. The lowest BCUT2D eigenvalue weighted by Crippen LogP contribution is -2.29. The lowest BCUT2D eigenvalue weighted by atomic mass is 9.91. The van der Waals surface area contributed by atoms with E-state index in [0.29, 0.717) is 16.8 Å². The van der Waals surface area contributed by atoms with Crippen molar-refractivity contribution < 1.29 is 27.5 Å². The molecule has 0 amide bonds.